The Morgan fingerprint density at radius 2 is 1.88 bits per heavy atom. The number of anilines is 1. The van der Waals surface area contributed by atoms with Gasteiger partial charge in [-0.1, -0.05) is 23.2 Å². The minimum Gasteiger partial charge on any atom is -0.469 e. The largest absolute Gasteiger partial charge is 0.469 e. The van der Waals surface area contributed by atoms with Crippen LogP contribution in [-0.2, 0) is 24.3 Å². The van der Waals surface area contributed by atoms with Crippen molar-refractivity contribution >= 4 is 50.8 Å². The Labute approximate surface area is 162 Å². The number of likely N-dealkylation sites (tertiary alicyclic amines) is 1. The third-order valence-electron chi connectivity index (χ3n) is 4.24. The molecular formula is C16H20Cl2N2O5S. The van der Waals surface area contributed by atoms with Crippen LogP contribution in [0.3, 0.4) is 0 Å². The van der Waals surface area contributed by atoms with Gasteiger partial charge in [0, 0.05) is 18.1 Å². The minimum atomic E-state index is -3.75. The molecule has 1 aliphatic rings. The summed E-state index contributed by atoms with van der Waals surface area (Å²) in [5.41, 5.74) is 0.152. The van der Waals surface area contributed by atoms with E-state index in [0.717, 1.165) is 10.6 Å². The second-order valence-electron chi connectivity index (χ2n) is 6.04. The van der Waals surface area contributed by atoms with Gasteiger partial charge in [-0.2, -0.15) is 0 Å². The molecule has 1 aromatic carbocycles. The van der Waals surface area contributed by atoms with Crippen molar-refractivity contribution < 1.29 is 22.7 Å². The maximum Gasteiger partial charge on any atom is 0.308 e. The number of piperidine rings is 1. The van der Waals surface area contributed by atoms with E-state index in [1.165, 1.54) is 30.2 Å². The van der Waals surface area contributed by atoms with Crippen LogP contribution in [0.25, 0.3) is 0 Å². The van der Waals surface area contributed by atoms with Gasteiger partial charge in [0.25, 0.3) is 0 Å². The third kappa shape index (κ3) is 5.02. The lowest BCUT2D eigenvalue weighted by Gasteiger charge is -2.32. The molecule has 1 heterocycles. The number of hydrogen-bond acceptors (Lipinski definition) is 5. The lowest BCUT2D eigenvalue weighted by atomic mass is 9.97. The quantitative estimate of drug-likeness (QED) is 0.678. The van der Waals surface area contributed by atoms with Gasteiger partial charge in [-0.15, -0.1) is 0 Å². The number of benzene rings is 1. The van der Waals surface area contributed by atoms with E-state index in [2.05, 4.69) is 0 Å². The van der Waals surface area contributed by atoms with E-state index in [9.17, 15) is 18.0 Å². The Hall–Kier alpha value is -1.51. The van der Waals surface area contributed by atoms with Crippen LogP contribution in [0, 0.1) is 5.92 Å². The van der Waals surface area contributed by atoms with Crippen molar-refractivity contribution in [3.8, 4) is 0 Å². The monoisotopic (exact) mass is 422 g/mol. The zero-order valence-corrected chi connectivity index (χ0v) is 16.8. The van der Waals surface area contributed by atoms with Crippen molar-refractivity contribution in [3.63, 3.8) is 0 Å². The number of rotatable bonds is 5. The van der Waals surface area contributed by atoms with Gasteiger partial charge in [-0.05, 0) is 31.0 Å². The highest BCUT2D eigenvalue weighted by Crippen LogP contribution is 2.31. The van der Waals surface area contributed by atoms with Crippen LogP contribution in [0.1, 0.15) is 12.8 Å². The number of hydrogen-bond donors (Lipinski definition) is 0. The lowest BCUT2D eigenvalue weighted by molar-refractivity contribution is -0.148. The number of methoxy groups -OCH3 is 1. The summed E-state index contributed by atoms with van der Waals surface area (Å²) in [6, 6.07) is 4.42. The number of halogens is 2. The van der Waals surface area contributed by atoms with E-state index in [-0.39, 0.29) is 35.0 Å². The van der Waals surface area contributed by atoms with Gasteiger partial charge in [0.05, 0.1) is 30.0 Å². The molecule has 0 bridgehead atoms. The van der Waals surface area contributed by atoms with E-state index in [0.29, 0.717) is 31.0 Å². The fourth-order valence-electron chi connectivity index (χ4n) is 2.81. The summed E-state index contributed by atoms with van der Waals surface area (Å²) in [6.45, 7) is 0.334. The van der Waals surface area contributed by atoms with Gasteiger partial charge in [-0.3, -0.25) is 13.9 Å². The predicted octanol–water partition coefficient (Wildman–Crippen LogP) is 2.17. The first-order chi connectivity index (χ1) is 12.1. The topological polar surface area (TPSA) is 84.0 Å². The maximum absolute atomic E-state index is 12.6. The van der Waals surface area contributed by atoms with Crippen LogP contribution >= 0.6 is 23.2 Å². The Morgan fingerprint density at radius 3 is 2.42 bits per heavy atom. The van der Waals surface area contributed by atoms with Crippen LogP contribution < -0.4 is 4.31 Å². The molecule has 1 amide bonds. The van der Waals surface area contributed by atoms with E-state index >= 15 is 0 Å². The van der Waals surface area contributed by atoms with Gasteiger partial charge in [-0.25, -0.2) is 8.42 Å². The normalized spacial score (nSPS) is 15.6. The molecule has 0 unspecified atom stereocenters. The first-order valence-electron chi connectivity index (χ1n) is 7.92. The third-order valence-corrected chi connectivity index (χ3v) is 5.92. The molecule has 7 nitrogen and oxygen atoms in total. The van der Waals surface area contributed by atoms with Gasteiger partial charge in [0.2, 0.25) is 15.9 Å². The molecule has 26 heavy (non-hydrogen) atoms. The SMILES string of the molecule is COC(=O)C1CCN(C(=O)CN(c2cc(Cl)ccc2Cl)S(C)(=O)=O)CC1. The van der Waals surface area contributed by atoms with Gasteiger partial charge >= 0.3 is 5.97 Å². The van der Waals surface area contributed by atoms with E-state index in [4.69, 9.17) is 27.9 Å². The molecule has 1 aliphatic heterocycles. The van der Waals surface area contributed by atoms with Crippen LogP contribution in [0.5, 0.6) is 0 Å². The van der Waals surface area contributed by atoms with E-state index in [1.807, 2.05) is 0 Å². The zero-order valence-electron chi connectivity index (χ0n) is 14.4. The number of carbonyl (C=O) groups excluding carboxylic acids is 2. The van der Waals surface area contributed by atoms with Crippen molar-refractivity contribution in [2.24, 2.45) is 5.92 Å². The first kappa shape index (κ1) is 20.8. The molecule has 0 atom stereocenters. The number of amides is 1. The average molecular weight is 423 g/mol. The molecule has 1 saturated heterocycles. The number of sulfonamides is 1. The highest BCUT2D eigenvalue weighted by atomic mass is 35.5. The van der Waals surface area contributed by atoms with Gasteiger partial charge < -0.3 is 9.64 Å². The summed E-state index contributed by atoms with van der Waals surface area (Å²) < 4.78 is 30.0. The number of ether oxygens (including phenoxy) is 1. The smallest absolute Gasteiger partial charge is 0.308 e. The van der Waals surface area contributed by atoms with Crippen LogP contribution in [0.15, 0.2) is 18.2 Å². The second kappa shape index (κ2) is 8.45. The van der Waals surface area contributed by atoms with Crippen LogP contribution in [0.2, 0.25) is 10.0 Å². The Kier molecular flexibility index (Phi) is 6.76. The van der Waals surface area contributed by atoms with Gasteiger partial charge in [0.15, 0.2) is 0 Å². The molecule has 0 aliphatic carbocycles. The standard InChI is InChI=1S/C16H20Cl2N2O5S/c1-25-16(22)11-5-7-19(8-6-11)15(21)10-20(26(2,23)24)14-9-12(17)3-4-13(14)18/h3-4,9,11H,5-8,10H2,1-2H3. The molecule has 10 heteroatoms. The summed E-state index contributed by atoms with van der Waals surface area (Å²) in [6.07, 6.45) is 1.96. The Morgan fingerprint density at radius 1 is 1.27 bits per heavy atom. The van der Waals surface area contributed by atoms with Gasteiger partial charge in [0.1, 0.15) is 6.54 Å². The van der Waals surface area contributed by atoms with Crippen molar-refractivity contribution in [2.45, 2.75) is 12.8 Å². The number of esters is 1. The van der Waals surface area contributed by atoms with Crippen LogP contribution in [-0.4, -0.2) is 58.2 Å². The first-order valence-corrected chi connectivity index (χ1v) is 10.5. The average Bonchev–Trinajstić information content (AvgIpc) is 2.60. The van der Waals surface area contributed by atoms with Crippen molar-refractivity contribution in [3.05, 3.63) is 28.2 Å². The summed E-state index contributed by atoms with van der Waals surface area (Å²) in [5, 5.41) is 0.487. The molecule has 144 valence electrons. The molecule has 0 N–H and O–H groups in total. The van der Waals surface area contributed by atoms with E-state index in [1.54, 1.807) is 0 Å². The zero-order chi connectivity index (χ0) is 19.5. The summed E-state index contributed by atoms with van der Waals surface area (Å²) in [4.78, 5) is 25.7. The highest BCUT2D eigenvalue weighted by molar-refractivity contribution is 7.92. The van der Waals surface area contributed by atoms with E-state index < -0.39 is 10.0 Å². The Bertz CT molecular complexity index is 792. The van der Waals surface area contributed by atoms with Crippen molar-refractivity contribution in [1.29, 1.82) is 0 Å². The number of carbonyl (C=O) groups is 2. The molecule has 1 aromatic rings. The molecule has 2 rings (SSSR count). The number of nitrogens with zero attached hydrogens (tertiary/aromatic N) is 2. The van der Waals surface area contributed by atoms with Crippen molar-refractivity contribution in [2.75, 3.05) is 37.3 Å². The summed E-state index contributed by atoms with van der Waals surface area (Å²) >= 11 is 12.0. The Balaban J connectivity index is 2.14. The molecule has 1 fully saturated rings. The molecule has 0 spiro atoms. The molecule has 0 radical (unpaired) electrons. The fourth-order valence-corrected chi connectivity index (χ4v) is 4.10. The minimum absolute atomic E-state index is 0.152. The second-order valence-corrected chi connectivity index (χ2v) is 8.79. The summed E-state index contributed by atoms with van der Waals surface area (Å²) in [7, 11) is -2.42. The fraction of sp³-hybridized carbons (Fsp3) is 0.500. The molecular weight excluding hydrogens is 403 g/mol. The predicted molar refractivity (Wildman–Crippen MR) is 100.0 cm³/mol. The molecule has 0 aromatic heterocycles. The lowest BCUT2D eigenvalue weighted by Crippen LogP contribution is -2.46. The highest BCUT2D eigenvalue weighted by Gasteiger charge is 2.30. The maximum atomic E-state index is 12.6. The van der Waals surface area contributed by atoms with Crippen molar-refractivity contribution in [1.82, 2.24) is 4.90 Å². The molecule has 0 saturated carbocycles. The van der Waals surface area contributed by atoms with Crippen LogP contribution in [0.4, 0.5) is 5.69 Å². The summed E-state index contributed by atoms with van der Waals surface area (Å²) in [5.74, 6) is -0.896.